The lowest BCUT2D eigenvalue weighted by Crippen LogP contribution is -2.54. The lowest BCUT2D eigenvalue weighted by atomic mass is 9.62. The number of aliphatic hydroxyl groups excluding tert-OH is 2. The number of ether oxygens (including phenoxy) is 5. The van der Waals surface area contributed by atoms with Gasteiger partial charge in [0.1, 0.15) is 17.8 Å². The number of hydrogen-bond donors (Lipinski definition) is 2. The molecule has 9 heteroatoms. The van der Waals surface area contributed by atoms with E-state index >= 15 is 0 Å². The van der Waals surface area contributed by atoms with E-state index in [1.54, 1.807) is 0 Å². The molecule has 0 saturated heterocycles. The third-order valence-electron chi connectivity index (χ3n) is 13.7. The van der Waals surface area contributed by atoms with Crippen molar-refractivity contribution < 1.29 is 43.5 Å². The maximum atomic E-state index is 14.3. The number of esters is 2. The topological polar surface area (TPSA) is 121 Å². The fourth-order valence-corrected chi connectivity index (χ4v) is 11.3. The fraction of sp³-hybridized carbons (Fsp3) is 0.955. The van der Waals surface area contributed by atoms with Crippen LogP contribution in [0.1, 0.15) is 165 Å². The molecule has 4 saturated carbocycles. The van der Waals surface area contributed by atoms with Gasteiger partial charge in [0.05, 0.1) is 55.1 Å². The Morgan fingerprint density at radius 2 is 1.55 bits per heavy atom. The molecule has 0 amide bonds. The van der Waals surface area contributed by atoms with Gasteiger partial charge in [-0.2, -0.15) is 0 Å². The van der Waals surface area contributed by atoms with E-state index in [-0.39, 0.29) is 56.0 Å². The van der Waals surface area contributed by atoms with Crippen molar-refractivity contribution in [1.29, 1.82) is 0 Å². The lowest BCUT2D eigenvalue weighted by molar-refractivity contribution is -0.206. The van der Waals surface area contributed by atoms with Gasteiger partial charge >= 0.3 is 11.9 Å². The molecule has 2 N–H and O–H groups in total. The van der Waals surface area contributed by atoms with Gasteiger partial charge in [0, 0.05) is 12.8 Å². The highest BCUT2D eigenvalue weighted by atomic mass is 16.6. The van der Waals surface area contributed by atoms with Gasteiger partial charge in [-0.15, -0.1) is 0 Å². The molecule has 308 valence electrons. The Bertz CT molecular complexity index is 1180. The van der Waals surface area contributed by atoms with Gasteiger partial charge in [0.15, 0.2) is 0 Å². The standard InChI is InChI=1S/C44H78O9/c1-10-36-34-16-14-17-43(25-34,50-20-19-45)26-37(36)52-39(48)42(12-3,22-32(6)7)30-49-27-35(46)28-51-44-18-13-15-33(24-44)23-41(9,29-44)53-38(47)40(8,11-2)21-31(4)5/h31-37,45-46H,10-30H2,1-9H3. The van der Waals surface area contributed by atoms with Crippen LogP contribution in [-0.2, 0) is 33.3 Å². The number of hydrogen-bond acceptors (Lipinski definition) is 9. The predicted molar refractivity (Wildman–Crippen MR) is 207 cm³/mol. The maximum Gasteiger partial charge on any atom is 0.314 e. The molecule has 0 spiro atoms. The summed E-state index contributed by atoms with van der Waals surface area (Å²) in [6.45, 7) is 19.6. The molecule has 4 rings (SSSR count). The quantitative estimate of drug-likeness (QED) is 0.111. The summed E-state index contributed by atoms with van der Waals surface area (Å²) < 4.78 is 32.1. The van der Waals surface area contributed by atoms with Crippen LogP contribution in [0.3, 0.4) is 0 Å². The SMILES string of the molecule is CCC1C2CCCC(OCCO)(C2)CC1OC(=O)C(CC)(COCC(O)COC12CCCC(CC(C)(OC(=O)C(C)(CC)CC(C)C)C1)C2)CC(C)C. The van der Waals surface area contributed by atoms with E-state index in [2.05, 4.69) is 48.5 Å². The molecular formula is C44H78O9. The monoisotopic (exact) mass is 751 g/mol. The van der Waals surface area contributed by atoms with Gasteiger partial charge in [-0.1, -0.05) is 67.7 Å². The molecule has 0 aliphatic heterocycles. The minimum Gasteiger partial charge on any atom is -0.461 e. The molecular weight excluding hydrogens is 672 g/mol. The van der Waals surface area contributed by atoms with Crippen LogP contribution in [0.4, 0.5) is 0 Å². The third-order valence-corrected chi connectivity index (χ3v) is 13.7. The number of fused-ring (bicyclic) bond motifs is 4. The molecule has 9 nitrogen and oxygen atoms in total. The Hall–Kier alpha value is -1.26. The highest BCUT2D eigenvalue weighted by molar-refractivity contribution is 5.77. The summed E-state index contributed by atoms with van der Waals surface area (Å²) in [4.78, 5) is 27.9. The van der Waals surface area contributed by atoms with Crippen molar-refractivity contribution in [3.05, 3.63) is 0 Å². The molecule has 0 aromatic rings. The van der Waals surface area contributed by atoms with Crippen LogP contribution in [0.5, 0.6) is 0 Å². The molecule has 4 aliphatic rings. The number of carbonyl (C=O) groups is 2. The molecule has 0 heterocycles. The Morgan fingerprint density at radius 3 is 2.19 bits per heavy atom. The first-order valence-corrected chi connectivity index (χ1v) is 21.6. The largest absolute Gasteiger partial charge is 0.461 e. The van der Waals surface area contributed by atoms with Crippen LogP contribution in [0, 0.1) is 40.4 Å². The highest BCUT2D eigenvalue weighted by Gasteiger charge is 2.53. The smallest absolute Gasteiger partial charge is 0.314 e. The van der Waals surface area contributed by atoms with E-state index in [1.807, 2.05) is 13.8 Å². The third kappa shape index (κ3) is 11.2. The second-order valence-corrected chi connectivity index (χ2v) is 19.4. The normalized spacial score (nSPS) is 34.3. The van der Waals surface area contributed by atoms with E-state index in [1.165, 1.54) is 0 Å². The zero-order valence-electron chi connectivity index (χ0n) is 35.1. The maximum absolute atomic E-state index is 14.3. The van der Waals surface area contributed by atoms with E-state index in [9.17, 15) is 19.8 Å². The predicted octanol–water partition coefficient (Wildman–Crippen LogP) is 8.59. The van der Waals surface area contributed by atoms with E-state index < -0.39 is 28.1 Å². The van der Waals surface area contributed by atoms with Gasteiger partial charge in [-0.05, 0) is 114 Å². The van der Waals surface area contributed by atoms with E-state index in [0.29, 0.717) is 56.0 Å². The van der Waals surface area contributed by atoms with Gasteiger partial charge in [0.25, 0.3) is 0 Å². The van der Waals surface area contributed by atoms with Crippen LogP contribution >= 0.6 is 0 Å². The van der Waals surface area contributed by atoms with E-state index in [4.69, 9.17) is 23.7 Å². The Kier molecular flexibility index (Phi) is 15.8. The lowest BCUT2D eigenvalue weighted by Gasteiger charge is -2.52. The van der Waals surface area contributed by atoms with Crippen LogP contribution in [-0.4, -0.2) is 84.2 Å². The summed E-state index contributed by atoms with van der Waals surface area (Å²) in [5.74, 6) is 1.49. The summed E-state index contributed by atoms with van der Waals surface area (Å²) >= 11 is 0. The van der Waals surface area contributed by atoms with Gasteiger partial charge < -0.3 is 33.9 Å². The molecule has 0 aromatic carbocycles. The molecule has 10 unspecified atom stereocenters. The van der Waals surface area contributed by atoms with Crippen molar-refractivity contribution in [3.63, 3.8) is 0 Å². The summed E-state index contributed by atoms with van der Waals surface area (Å²) in [5, 5.41) is 20.7. The Balaban J connectivity index is 1.37. The Morgan fingerprint density at radius 1 is 0.849 bits per heavy atom. The first-order chi connectivity index (χ1) is 25.0. The first kappa shape index (κ1) is 44.5. The zero-order chi connectivity index (χ0) is 39.1. The summed E-state index contributed by atoms with van der Waals surface area (Å²) in [6, 6.07) is 0. The highest BCUT2D eigenvalue weighted by Crippen LogP contribution is 2.52. The van der Waals surface area contributed by atoms with Crippen LogP contribution in [0.25, 0.3) is 0 Å². The van der Waals surface area contributed by atoms with Crippen LogP contribution in [0.2, 0.25) is 0 Å². The zero-order valence-corrected chi connectivity index (χ0v) is 35.1. The van der Waals surface area contributed by atoms with Crippen LogP contribution < -0.4 is 0 Å². The molecule has 4 fully saturated rings. The minimum absolute atomic E-state index is 0.0108. The van der Waals surface area contributed by atoms with Crippen LogP contribution in [0.15, 0.2) is 0 Å². The Labute approximate surface area is 322 Å². The van der Waals surface area contributed by atoms with Gasteiger partial charge in [0.2, 0.25) is 0 Å². The van der Waals surface area contributed by atoms with Crippen molar-refractivity contribution in [2.45, 2.75) is 194 Å². The second-order valence-electron chi connectivity index (χ2n) is 19.4. The molecule has 0 aromatic heterocycles. The molecule has 10 atom stereocenters. The van der Waals surface area contributed by atoms with E-state index in [0.717, 1.165) is 77.0 Å². The first-order valence-electron chi connectivity index (χ1n) is 21.6. The molecule has 4 aliphatic carbocycles. The summed E-state index contributed by atoms with van der Waals surface area (Å²) in [7, 11) is 0. The van der Waals surface area contributed by atoms with Crippen molar-refractivity contribution >= 4 is 11.9 Å². The number of rotatable bonds is 21. The van der Waals surface area contributed by atoms with Gasteiger partial charge in [-0.25, -0.2) is 0 Å². The summed E-state index contributed by atoms with van der Waals surface area (Å²) in [6.07, 6.45) is 12.8. The molecule has 0 radical (unpaired) electrons. The number of aliphatic hydroxyl groups is 2. The summed E-state index contributed by atoms with van der Waals surface area (Å²) in [5.41, 5.74) is -2.73. The molecule has 4 bridgehead atoms. The minimum atomic E-state index is -0.856. The average Bonchev–Trinajstić information content (AvgIpc) is 3.08. The van der Waals surface area contributed by atoms with Gasteiger partial charge in [-0.3, -0.25) is 9.59 Å². The average molecular weight is 751 g/mol. The van der Waals surface area contributed by atoms with Crippen molar-refractivity contribution in [3.8, 4) is 0 Å². The number of carbonyl (C=O) groups excluding carboxylic acids is 2. The van der Waals surface area contributed by atoms with Crippen molar-refractivity contribution in [1.82, 2.24) is 0 Å². The van der Waals surface area contributed by atoms with Crippen molar-refractivity contribution in [2.24, 2.45) is 40.4 Å². The molecule has 53 heavy (non-hydrogen) atoms. The second kappa shape index (κ2) is 18.8. The fourth-order valence-electron chi connectivity index (χ4n) is 11.3. The van der Waals surface area contributed by atoms with Crippen molar-refractivity contribution in [2.75, 3.05) is 33.0 Å².